The molecule has 134 valence electrons. The van der Waals surface area contributed by atoms with Crippen LogP contribution < -0.4 is 15.4 Å². The van der Waals surface area contributed by atoms with Crippen LogP contribution in [0.25, 0.3) is 0 Å². The van der Waals surface area contributed by atoms with Crippen molar-refractivity contribution in [2.75, 3.05) is 33.4 Å². The lowest BCUT2D eigenvalue weighted by Gasteiger charge is -2.37. The first-order chi connectivity index (χ1) is 11.5. The quantitative estimate of drug-likeness (QED) is 0.770. The molecule has 0 spiro atoms. The molecule has 1 aliphatic heterocycles. The van der Waals surface area contributed by atoms with E-state index >= 15 is 0 Å². The van der Waals surface area contributed by atoms with Crippen LogP contribution in [0.15, 0.2) is 18.2 Å². The topological polar surface area (TPSA) is 59.6 Å². The van der Waals surface area contributed by atoms with Crippen LogP contribution in [0.1, 0.15) is 19.8 Å². The third kappa shape index (κ3) is 5.24. The highest BCUT2D eigenvalue weighted by molar-refractivity contribution is 6.42. The normalized spacial score (nSPS) is 18.0. The van der Waals surface area contributed by atoms with E-state index < -0.39 is 6.10 Å². The standard InChI is InChI=1S/C17H24Cl2N2O3/c1-12(24-13-3-4-14(18)15(19)9-13)16(22)21-10-17(11-23-2)5-7-20-8-6-17/h3-4,9,12,20H,5-8,10-11H2,1-2H3,(H,21,22). The number of carbonyl (C=O) groups is 1. The zero-order valence-electron chi connectivity index (χ0n) is 14.0. The molecule has 0 bridgehead atoms. The average molecular weight is 375 g/mol. The van der Waals surface area contributed by atoms with Gasteiger partial charge in [-0.2, -0.15) is 0 Å². The summed E-state index contributed by atoms with van der Waals surface area (Å²) in [7, 11) is 1.70. The molecule has 1 aliphatic rings. The molecule has 1 aromatic carbocycles. The predicted molar refractivity (Wildman–Crippen MR) is 96.0 cm³/mol. The molecule has 1 unspecified atom stereocenters. The van der Waals surface area contributed by atoms with Crippen LogP contribution in [0.2, 0.25) is 10.0 Å². The lowest BCUT2D eigenvalue weighted by Crippen LogP contribution is -2.49. The number of amides is 1. The molecule has 1 heterocycles. The fourth-order valence-electron chi connectivity index (χ4n) is 2.86. The van der Waals surface area contributed by atoms with Crippen LogP contribution in [-0.4, -0.2) is 45.4 Å². The van der Waals surface area contributed by atoms with E-state index in [-0.39, 0.29) is 11.3 Å². The molecule has 24 heavy (non-hydrogen) atoms. The molecule has 1 atom stereocenters. The number of nitrogens with one attached hydrogen (secondary N) is 2. The number of rotatable bonds is 7. The fraction of sp³-hybridized carbons (Fsp3) is 0.588. The van der Waals surface area contributed by atoms with Crippen molar-refractivity contribution < 1.29 is 14.3 Å². The number of hydrogen-bond donors (Lipinski definition) is 2. The van der Waals surface area contributed by atoms with E-state index in [0.29, 0.717) is 28.9 Å². The first-order valence-electron chi connectivity index (χ1n) is 8.05. The molecule has 5 nitrogen and oxygen atoms in total. The highest BCUT2D eigenvalue weighted by atomic mass is 35.5. The monoisotopic (exact) mass is 374 g/mol. The Morgan fingerprint density at radius 1 is 1.33 bits per heavy atom. The second kappa shape index (κ2) is 8.90. The first-order valence-corrected chi connectivity index (χ1v) is 8.80. The third-order valence-electron chi connectivity index (χ3n) is 4.33. The van der Waals surface area contributed by atoms with Crippen LogP contribution >= 0.6 is 23.2 Å². The minimum atomic E-state index is -0.622. The Balaban J connectivity index is 1.89. The van der Waals surface area contributed by atoms with Gasteiger partial charge in [0.05, 0.1) is 16.7 Å². The summed E-state index contributed by atoms with van der Waals surface area (Å²) in [5, 5.41) is 7.18. The molecule has 1 aromatic rings. The maximum absolute atomic E-state index is 12.3. The summed E-state index contributed by atoms with van der Waals surface area (Å²) in [6.07, 6.45) is 1.33. The number of benzene rings is 1. The molecular weight excluding hydrogens is 351 g/mol. The van der Waals surface area contributed by atoms with Gasteiger partial charge in [0.2, 0.25) is 0 Å². The summed E-state index contributed by atoms with van der Waals surface area (Å²) < 4.78 is 11.0. The highest BCUT2D eigenvalue weighted by Gasteiger charge is 2.33. The number of piperidine rings is 1. The van der Waals surface area contributed by atoms with Gasteiger partial charge in [0.25, 0.3) is 5.91 Å². The summed E-state index contributed by atoms with van der Waals surface area (Å²) in [5.41, 5.74) is -0.0149. The van der Waals surface area contributed by atoms with E-state index in [9.17, 15) is 4.79 Å². The second-order valence-corrected chi connectivity index (χ2v) is 7.05. The van der Waals surface area contributed by atoms with Gasteiger partial charge in [0, 0.05) is 25.1 Å². The lowest BCUT2D eigenvalue weighted by molar-refractivity contribution is -0.128. The molecule has 0 radical (unpaired) electrons. The molecule has 0 saturated carbocycles. The van der Waals surface area contributed by atoms with Crippen molar-refractivity contribution in [2.45, 2.75) is 25.9 Å². The van der Waals surface area contributed by atoms with Gasteiger partial charge in [-0.25, -0.2) is 0 Å². The van der Waals surface area contributed by atoms with Gasteiger partial charge >= 0.3 is 0 Å². The minimum Gasteiger partial charge on any atom is -0.481 e. The van der Waals surface area contributed by atoms with Gasteiger partial charge in [-0.05, 0) is 45.0 Å². The maximum atomic E-state index is 12.3. The Labute approximate surface area is 153 Å². The number of ether oxygens (including phenoxy) is 2. The fourth-order valence-corrected chi connectivity index (χ4v) is 3.15. The Hall–Kier alpha value is -1.01. The van der Waals surface area contributed by atoms with Gasteiger partial charge in [-0.3, -0.25) is 4.79 Å². The van der Waals surface area contributed by atoms with Crippen molar-refractivity contribution in [3.63, 3.8) is 0 Å². The van der Waals surface area contributed by atoms with Crippen molar-refractivity contribution in [3.05, 3.63) is 28.2 Å². The van der Waals surface area contributed by atoms with Gasteiger partial charge < -0.3 is 20.1 Å². The van der Waals surface area contributed by atoms with Crippen molar-refractivity contribution in [1.29, 1.82) is 0 Å². The molecule has 2 rings (SSSR count). The SMILES string of the molecule is COCC1(CNC(=O)C(C)Oc2ccc(Cl)c(Cl)c2)CCNCC1. The molecule has 0 aromatic heterocycles. The van der Waals surface area contributed by atoms with Gasteiger partial charge in [-0.1, -0.05) is 23.2 Å². The average Bonchev–Trinajstić information content (AvgIpc) is 2.57. The Kier molecular flexibility index (Phi) is 7.16. The summed E-state index contributed by atoms with van der Waals surface area (Å²) in [4.78, 5) is 12.3. The summed E-state index contributed by atoms with van der Waals surface area (Å²) >= 11 is 11.8. The minimum absolute atomic E-state index is 0.0149. The first kappa shape index (κ1) is 19.3. The molecule has 1 saturated heterocycles. The van der Waals surface area contributed by atoms with Gasteiger partial charge in [0.1, 0.15) is 5.75 Å². The molecule has 1 amide bonds. The second-order valence-electron chi connectivity index (χ2n) is 6.24. The molecule has 1 fully saturated rings. The zero-order chi connectivity index (χ0) is 17.6. The molecule has 2 N–H and O–H groups in total. The van der Waals surface area contributed by atoms with E-state index in [1.54, 1.807) is 32.2 Å². The van der Waals surface area contributed by atoms with Crippen LogP contribution in [0, 0.1) is 5.41 Å². The Morgan fingerprint density at radius 3 is 2.67 bits per heavy atom. The summed E-state index contributed by atoms with van der Waals surface area (Å²) in [5.74, 6) is 0.357. The summed E-state index contributed by atoms with van der Waals surface area (Å²) in [6.45, 7) is 4.81. The van der Waals surface area contributed by atoms with E-state index in [2.05, 4.69) is 10.6 Å². The number of hydrogen-bond acceptors (Lipinski definition) is 4. The van der Waals surface area contributed by atoms with Crippen LogP contribution in [-0.2, 0) is 9.53 Å². The van der Waals surface area contributed by atoms with Crippen LogP contribution in [0.3, 0.4) is 0 Å². The third-order valence-corrected chi connectivity index (χ3v) is 5.06. The number of halogens is 2. The molecule has 7 heteroatoms. The lowest BCUT2D eigenvalue weighted by atomic mass is 9.79. The van der Waals surface area contributed by atoms with E-state index in [1.807, 2.05) is 0 Å². The Morgan fingerprint density at radius 2 is 2.04 bits per heavy atom. The zero-order valence-corrected chi connectivity index (χ0v) is 15.5. The highest BCUT2D eigenvalue weighted by Crippen LogP contribution is 2.29. The van der Waals surface area contributed by atoms with Crippen LogP contribution in [0.4, 0.5) is 0 Å². The van der Waals surface area contributed by atoms with Gasteiger partial charge in [-0.15, -0.1) is 0 Å². The predicted octanol–water partition coefficient (Wildman–Crippen LogP) is 2.89. The molecule has 0 aliphatic carbocycles. The maximum Gasteiger partial charge on any atom is 0.260 e. The molecular formula is C17H24Cl2N2O3. The number of carbonyl (C=O) groups excluding carboxylic acids is 1. The van der Waals surface area contributed by atoms with Crippen molar-refractivity contribution in [3.8, 4) is 5.75 Å². The van der Waals surface area contributed by atoms with Crippen LogP contribution in [0.5, 0.6) is 5.75 Å². The van der Waals surface area contributed by atoms with E-state index in [0.717, 1.165) is 25.9 Å². The van der Waals surface area contributed by atoms with Crippen molar-refractivity contribution >= 4 is 29.1 Å². The van der Waals surface area contributed by atoms with E-state index in [1.165, 1.54) is 0 Å². The largest absolute Gasteiger partial charge is 0.481 e. The van der Waals surface area contributed by atoms with Crippen molar-refractivity contribution in [2.24, 2.45) is 5.41 Å². The Bertz CT molecular complexity index is 557. The van der Waals surface area contributed by atoms with Gasteiger partial charge in [0.15, 0.2) is 6.10 Å². The van der Waals surface area contributed by atoms with E-state index in [4.69, 9.17) is 32.7 Å². The smallest absolute Gasteiger partial charge is 0.260 e. The van der Waals surface area contributed by atoms with Crippen molar-refractivity contribution in [1.82, 2.24) is 10.6 Å². The number of methoxy groups -OCH3 is 1. The summed E-state index contributed by atoms with van der Waals surface area (Å²) in [6, 6.07) is 4.94.